The molecule has 0 spiro atoms. The van der Waals surface area contributed by atoms with Gasteiger partial charge in [0.05, 0.1) is 33.7 Å². The molecule has 0 radical (unpaired) electrons. The highest BCUT2D eigenvalue weighted by Crippen LogP contribution is 2.32. The van der Waals surface area contributed by atoms with Crippen LogP contribution in [0.25, 0.3) is 21.5 Å². The Bertz CT molecular complexity index is 1220. The molecule has 8 nitrogen and oxygen atoms in total. The van der Waals surface area contributed by atoms with E-state index in [1.54, 1.807) is 11.3 Å². The molecule has 0 bridgehead atoms. The number of nitrogens with one attached hydrogen (secondary N) is 3. The van der Waals surface area contributed by atoms with E-state index in [1.807, 2.05) is 36.1 Å². The highest BCUT2D eigenvalue weighted by molar-refractivity contribution is 7.16. The fourth-order valence-electron chi connectivity index (χ4n) is 4.00. The van der Waals surface area contributed by atoms with E-state index in [0.29, 0.717) is 6.54 Å². The highest BCUT2D eigenvalue weighted by Gasteiger charge is 2.21. The predicted octanol–water partition coefficient (Wildman–Crippen LogP) is 4.61. The second kappa shape index (κ2) is 8.76. The summed E-state index contributed by atoms with van der Waals surface area (Å²) in [5.41, 5.74) is 6.67. The van der Waals surface area contributed by atoms with Crippen molar-refractivity contribution in [2.45, 2.75) is 38.8 Å². The Hall–Kier alpha value is -3.17. The molecule has 0 saturated carbocycles. The van der Waals surface area contributed by atoms with Crippen LogP contribution in [0.15, 0.2) is 42.2 Å². The molecule has 9 heteroatoms. The summed E-state index contributed by atoms with van der Waals surface area (Å²) in [6.45, 7) is 5.73. The van der Waals surface area contributed by atoms with Gasteiger partial charge in [0.15, 0.2) is 0 Å². The number of aromatic nitrogens is 4. The number of imidazole rings is 1. The largest absolute Gasteiger partial charge is 0.391 e. The number of fused-ring (bicyclic) bond motifs is 1. The van der Waals surface area contributed by atoms with Crippen molar-refractivity contribution in [3.63, 3.8) is 0 Å². The lowest BCUT2D eigenvalue weighted by atomic mass is 10.1. The van der Waals surface area contributed by atoms with Crippen molar-refractivity contribution in [1.82, 2.24) is 19.9 Å². The zero-order valence-electron chi connectivity index (χ0n) is 18.2. The number of piperidine rings is 1. The molecule has 1 aliphatic rings. The third-order valence-electron chi connectivity index (χ3n) is 5.50. The monoisotopic (exact) mass is 449 g/mol. The van der Waals surface area contributed by atoms with Crippen LogP contribution in [-0.4, -0.2) is 50.3 Å². The number of thiazole rings is 1. The van der Waals surface area contributed by atoms with Crippen LogP contribution >= 0.6 is 11.3 Å². The lowest BCUT2D eigenvalue weighted by molar-refractivity contribution is 0.153. The molecule has 32 heavy (non-hydrogen) atoms. The number of hydrogen-bond acceptors (Lipinski definition) is 8. The van der Waals surface area contributed by atoms with E-state index in [-0.39, 0.29) is 12.1 Å². The van der Waals surface area contributed by atoms with Crippen molar-refractivity contribution in [3.05, 3.63) is 42.2 Å². The summed E-state index contributed by atoms with van der Waals surface area (Å²) in [6.07, 6.45) is 5.21. The molecule has 4 aromatic rings. The van der Waals surface area contributed by atoms with Gasteiger partial charge in [-0.1, -0.05) is 0 Å². The van der Waals surface area contributed by atoms with Crippen LogP contribution in [0.2, 0.25) is 0 Å². The molecule has 0 aliphatic carbocycles. The summed E-state index contributed by atoms with van der Waals surface area (Å²) in [7, 11) is 0. The van der Waals surface area contributed by atoms with Crippen molar-refractivity contribution in [1.29, 1.82) is 0 Å². The molecule has 1 atom stereocenters. The minimum atomic E-state index is -0.299. The molecule has 0 amide bonds. The van der Waals surface area contributed by atoms with E-state index in [4.69, 9.17) is 0 Å². The Morgan fingerprint density at radius 1 is 1.19 bits per heavy atom. The molecule has 1 saturated heterocycles. The summed E-state index contributed by atoms with van der Waals surface area (Å²) in [6, 6.07) is 8.40. The Morgan fingerprint density at radius 2 is 2.09 bits per heavy atom. The molecular formula is C23H27N7OS. The Labute approximate surface area is 190 Å². The van der Waals surface area contributed by atoms with E-state index in [1.165, 1.54) is 0 Å². The highest BCUT2D eigenvalue weighted by atomic mass is 32.1. The molecule has 4 N–H and O–H groups in total. The van der Waals surface area contributed by atoms with Gasteiger partial charge >= 0.3 is 0 Å². The predicted molar refractivity (Wildman–Crippen MR) is 131 cm³/mol. The van der Waals surface area contributed by atoms with E-state index < -0.39 is 0 Å². The molecular weight excluding hydrogens is 422 g/mol. The first-order chi connectivity index (χ1) is 15.5. The van der Waals surface area contributed by atoms with Crippen LogP contribution in [0.4, 0.5) is 23.1 Å². The maximum atomic E-state index is 9.99. The fraction of sp³-hybridized carbons (Fsp3) is 0.348. The topological polar surface area (TPSA) is 102 Å². The zero-order valence-corrected chi connectivity index (χ0v) is 19.0. The first-order valence-corrected chi connectivity index (χ1v) is 11.8. The number of aliphatic hydroxyl groups excluding tert-OH is 1. The van der Waals surface area contributed by atoms with Crippen molar-refractivity contribution < 1.29 is 5.11 Å². The Balaban J connectivity index is 1.42. The number of nitrogens with zero attached hydrogens (tertiary/aromatic N) is 4. The third kappa shape index (κ3) is 4.39. The Morgan fingerprint density at radius 3 is 2.94 bits per heavy atom. The van der Waals surface area contributed by atoms with Crippen LogP contribution in [-0.2, 0) is 0 Å². The third-order valence-corrected chi connectivity index (χ3v) is 6.29. The van der Waals surface area contributed by atoms with Gasteiger partial charge in [0.1, 0.15) is 5.82 Å². The number of rotatable bonds is 6. The summed E-state index contributed by atoms with van der Waals surface area (Å²) >= 11 is 1.62. The summed E-state index contributed by atoms with van der Waals surface area (Å²) in [5, 5.41) is 16.9. The molecule has 166 valence electrons. The maximum absolute atomic E-state index is 9.99. The van der Waals surface area contributed by atoms with Gasteiger partial charge in [-0.15, -0.1) is 11.3 Å². The van der Waals surface area contributed by atoms with Gasteiger partial charge in [-0.05, 0) is 44.9 Å². The first-order valence-electron chi connectivity index (χ1n) is 10.9. The zero-order chi connectivity index (χ0) is 22.1. The molecule has 5 rings (SSSR count). The SMILES string of the molecule is CC(C)Nc1cc(Nc2ccc3ncsc3c2)ncc1-c1cnc(N2CCCC(O)C2)[nH]1. The van der Waals surface area contributed by atoms with Gasteiger partial charge in [-0.3, -0.25) is 0 Å². The summed E-state index contributed by atoms with van der Waals surface area (Å²) in [4.78, 5) is 19.1. The number of anilines is 4. The van der Waals surface area contributed by atoms with Gasteiger partial charge in [-0.2, -0.15) is 0 Å². The maximum Gasteiger partial charge on any atom is 0.203 e. The van der Waals surface area contributed by atoms with Crippen molar-refractivity contribution in [2.24, 2.45) is 0 Å². The second-order valence-electron chi connectivity index (χ2n) is 8.44. The molecule has 1 fully saturated rings. The number of hydrogen-bond donors (Lipinski definition) is 4. The van der Waals surface area contributed by atoms with Crippen molar-refractivity contribution in [3.8, 4) is 11.3 Å². The smallest absolute Gasteiger partial charge is 0.203 e. The van der Waals surface area contributed by atoms with E-state index in [0.717, 1.165) is 64.0 Å². The number of benzene rings is 1. The standard InChI is InChI=1S/C23H27N7OS/c1-14(2)27-19-9-22(28-15-5-6-18-21(8-15)32-13-26-18)24-10-17(19)20-11-25-23(29-20)30-7-3-4-16(31)12-30/h5-6,8-11,13-14,16,31H,3-4,7,12H2,1-2H3,(H,25,29)(H2,24,27,28). The summed E-state index contributed by atoms with van der Waals surface area (Å²) < 4.78 is 1.14. The average molecular weight is 450 g/mol. The molecule has 1 unspecified atom stereocenters. The van der Waals surface area contributed by atoms with Gasteiger partial charge in [-0.25, -0.2) is 15.0 Å². The van der Waals surface area contributed by atoms with Crippen molar-refractivity contribution >= 4 is 44.7 Å². The lowest BCUT2D eigenvalue weighted by Crippen LogP contribution is -2.38. The van der Waals surface area contributed by atoms with Gasteiger partial charge < -0.3 is 25.6 Å². The van der Waals surface area contributed by atoms with Crippen molar-refractivity contribution in [2.75, 3.05) is 28.6 Å². The number of aromatic amines is 1. The quantitative estimate of drug-likeness (QED) is 0.341. The number of β-amino-alcohol motifs (C(OH)–C–C–N with tert-alkyl or cyclic N) is 1. The van der Waals surface area contributed by atoms with Crippen LogP contribution in [0, 0.1) is 0 Å². The molecule has 1 aromatic carbocycles. The number of pyridine rings is 1. The molecule has 1 aliphatic heterocycles. The van der Waals surface area contributed by atoms with Gasteiger partial charge in [0.2, 0.25) is 5.95 Å². The van der Waals surface area contributed by atoms with E-state index in [9.17, 15) is 5.11 Å². The van der Waals surface area contributed by atoms with Crippen LogP contribution in [0.1, 0.15) is 26.7 Å². The summed E-state index contributed by atoms with van der Waals surface area (Å²) in [5.74, 6) is 1.55. The first kappa shape index (κ1) is 20.7. The van der Waals surface area contributed by atoms with Gasteiger partial charge in [0.25, 0.3) is 0 Å². The average Bonchev–Trinajstić information content (AvgIpc) is 3.43. The molecule has 3 aromatic heterocycles. The minimum absolute atomic E-state index is 0.261. The Kier molecular flexibility index (Phi) is 5.67. The van der Waals surface area contributed by atoms with Gasteiger partial charge in [0, 0.05) is 48.3 Å². The molecule has 4 heterocycles. The number of H-pyrrole nitrogens is 1. The normalized spacial score (nSPS) is 16.6. The second-order valence-corrected chi connectivity index (χ2v) is 9.32. The minimum Gasteiger partial charge on any atom is -0.391 e. The van der Waals surface area contributed by atoms with E-state index >= 15 is 0 Å². The lowest BCUT2D eigenvalue weighted by Gasteiger charge is -2.29. The van der Waals surface area contributed by atoms with Crippen LogP contribution in [0.5, 0.6) is 0 Å². The number of aliphatic hydroxyl groups is 1. The van der Waals surface area contributed by atoms with E-state index in [2.05, 4.69) is 55.4 Å². The van der Waals surface area contributed by atoms with Crippen LogP contribution in [0.3, 0.4) is 0 Å². The van der Waals surface area contributed by atoms with Crippen LogP contribution < -0.4 is 15.5 Å². The fourth-order valence-corrected chi connectivity index (χ4v) is 4.72.